The number of nitrogens with zero attached hydrogens (tertiary/aromatic N) is 3. The van der Waals surface area contributed by atoms with E-state index < -0.39 is 0 Å². The van der Waals surface area contributed by atoms with Crippen LogP contribution in [0.5, 0.6) is 5.75 Å². The number of aromatic nitrogens is 2. The standard InChI is InChI=1S/C20H16N4O3S2/c1-13(25)16-6-8-17(9-7-16)27-11-18(26)22-19-23-24-20(29-19)28-12-15-4-2-14(10-21)3-5-15/h2-9H,11-12H2,1H3,(H,22,23,26). The summed E-state index contributed by atoms with van der Waals surface area (Å²) in [5.74, 6) is 0.813. The van der Waals surface area contributed by atoms with Crippen LogP contribution in [0.3, 0.4) is 0 Å². The second kappa shape index (κ2) is 9.82. The number of nitrogens with one attached hydrogen (secondary N) is 1. The van der Waals surface area contributed by atoms with Crippen LogP contribution in [0.15, 0.2) is 52.9 Å². The molecule has 0 saturated carbocycles. The lowest BCUT2D eigenvalue weighted by Crippen LogP contribution is -2.20. The molecule has 0 bridgehead atoms. The number of hydrogen-bond acceptors (Lipinski definition) is 8. The zero-order chi connectivity index (χ0) is 20.6. The predicted molar refractivity (Wildman–Crippen MR) is 111 cm³/mol. The normalized spacial score (nSPS) is 10.2. The Hall–Kier alpha value is -3.22. The van der Waals surface area contributed by atoms with E-state index in [1.807, 2.05) is 12.1 Å². The van der Waals surface area contributed by atoms with Crippen molar-refractivity contribution in [2.45, 2.75) is 17.0 Å². The zero-order valence-corrected chi connectivity index (χ0v) is 17.0. The lowest BCUT2D eigenvalue weighted by Gasteiger charge is -2.06. The van der Waals surface area contributed by atoms with Crippen molar-refractivity contribution in [2.75, 3.05) is 11.9 Å². The summed E-state index contributed by atoms with van der Waals surface area (Å²) in [7, 11) is 0. The fraction of sp³-hybridized carbons (Fsp3) is 0.150. The number of hydrogen-bond donors (Lipinski definition) is 1. The molecule has 0 radical (unpaired) electrons. The Balaban J connectivity index is 1.45. The minimum Gasteiger partial charge on any atom is -0.484 e. The summed E-state index contributed by atoms with van der Waals surface area (Å²) in [5, 5.41) is 19.9. The van der Waals surface area contributed by atoms with E-state index in [1.165, 1.54) is 30.0 Å². The Kier molecular flexibility index (Phi) is 6.94. The monoisotopic (exact) mass is 424 g/mol. The Bertz CT molecular complexity index is 1040. The number of Topliss-reactive ketones (excluding diaryl/α,β-unsaturated/α-hetero) is 1. The van der Waals surface area contributed by atoms with Crippen LogP contribution in [0, 0.1) is 11.3 Å². The minimum atomic E-state index is -0.347. The molecule has 3 rings (SSSR count). The van der Waals surface area contributed by atoms with Crippen molar-refractivity contribution in [3.05, 3.63) is 65.2 Å². The number of thioether (sulfide) groups is 1. The van der Waals surface area contributed by atoms with Gasteiger partial charge in [-0.15, -0.1) is 10.2 Å². The maximum absolute atomic E-state index is 12.0. The molecule has 29 heavy (non-hydrogen) atoms. The van der Waals surface area contributed by atoms with Crippen LogP contribution in [0.4, 0.5) is 5.13 Å². The van der Waals surface area contributed by atoms with Crippen molar-refractivity contribution in [3.8, 4) is 11.8 Å². The molecule has 0 aliphatic heterocycles. The van der Waals surface area contributed by atoms with Crippen molar-refractivity contribution < 1.29 is 14.3 Å². The van der Waals surface area contributed by atoms with Crippen LogP contribution in [0.1, 0.15) is 28.4 Å². The first kappa shape index (κ1) is 20.5. The van der Waals surface area contributed by atoms with Crippen molar-refractivity contribution in [2.24, 2.45) is 0 Å². The van der Waals surface area contributed by atoms with Gasteiger partial charge in [0.05, 0.1) is 11.6 Å². The van der Waals surface area contributed by atoms with Gasteiger partial charge in [0.25, 0.3) is 5.91 Å². The second-order valence-electron chi connectivity index (χ2n) is 5.89. The first-order valence-corrected chi connectivity index (χ1v) is 10.3. The zero-order valence-electron chi connectivity index (χ0n) is 15.4. The van der Waals surface area contributed by atoms with E-state index in [-0.39, 0.29) is 18.3 Å². The van der Waals surface area contributed by atoms with E-state index in [0.29, 0.717) is 27.8 Å². The van der Waals surface area contributed by atoms with E-state index in [1.54, 1.807) is 36.4 Å². The summed E-state index contributed by atoms with van der Waals surface area (Å²) < 4.78 is 6.14. The molecular formula is C20H16N4O3S2. The van der Waals surface area contributed by atoms with Gasteiger partial charge in [0, 0.05) is 11.3 Å². The lowest BCUT2D eigenvalue weighted by atomic mass is 10.1. The number of benzene rings is 2. The molecule has 1 amide bonds. The highest BCUT2D eigenvalue weighted by molar-refractivity contribution is 8.00. The van der Waals surface area contributed by atoms with Gasteiger partial charge >= 0.3 is 0 Å². The third-order valence-corrected chi connectivity index (χ3v) is 5.77. The van der Waals surface area contributed by atoms with Gasteiger partial charge in [0.2, 0.25) is 5.13 Å². The van der Waals surface area contributed by atoms with Crippen LogP contribution in [0.2, 0.25) is 0 Å². The average Bonchev–Trinajstić information content (AvgIpc) is 3.18. The molecule has 0 aliphatic carbocycles. The van der Waals surface area contributed by atoms with Gasteiger partial charge < -0.3 is 4.74 Å². The molecule has 146 valence electrons. The van der Waals surface area contributed by atoms with E-state index in [2.05, 4.69) is 21.6 Å². The quantitative estimate of drug-likeness (QED) is 0.332. The number of ether oxygens (including phenoxy) is 1. The molecule has 0 spiro atoms. The van der Waals surface area contributed by atoms with E-state index in [4.69, 9.17) is 10.00 Å². The first-order chi connectivity index (χ1) is 14.0. The third-order valence-electron chi connectivity index (χ3n) is 3.73. The summed E-state index contributed by atoms with van der Waals surface area (Å²) in [6, 6.07) is 16.0. The van der Waals surface area contributed by atoms with Gasteiger partial charge in [-0.05, 0) is 48.9 Å². The molecule has 7 nitrogen and oxygen atoms in total. The summed E-state index contributed by atoms with van der Waals surface area (Å²) in [4.78, 5) is 23.3. The summed E-state index contributed by atoms with van der Waals surface area (Å²) in [5.41, 5.74) is 2.28. The van der Waals surface area contributed by atoms with Crippen molar-refractivity contribution in [1.82, 2.24) is 10.2 Å². The van der Waals surface area contributed by atoms with E-state index in [0.717, 1.165) is 9.90 Å². The van der Waals surface area contributed by atoms with Gasteiger partial charge in [-0.3, -0.25) is 14.9 Å². The summed E-state index contributed by atoms with van der Waals surface area (Å²) >= 11 is 2.78. The topological polar surface area (TPSA) is 105 Å². The van der Waals surface area contributed by atoms with Crippen molar-refractivity contribution in [3.63, 3.8) is 0 Å². The molecule has 0 unspecified atom stereocenters. The molecule has 0 atom stereocenters. The van der Waals surface area contributed by atoms with E-state index >= 15 is 0 Å². The molecule has 2 aromatic carbocycles. The lowest BCUT2D eigenvalue weighted by molar-refractivity contribution is -0.118. The number of anilines is 1. The molecule has 9 heteroatoms. The number of amides is 1. The molecule has 0 saturated heterocycles. The Morgan fingerprint density at radius 2 is 1.86 bits per heavy atom. The van der Waals surface area contributed by atoms with Crippen LogP contribution in [-0.4, -0.2) is 28.5 Å². The highest BCUT2D eigenvalue weighted by Gasteiger charge is 2.10. The molecular weight excluding hydrogens is 408 g/mol. The third kappa shape index (κ3) is 6.14. The second-order valence-corrected chi connectivity index (χ2v) is 8.09. The first-order valence-electron chi connectivity index (χ1n) is 8.52. The Morgan fingerprint density at radius 3 is 2.52 bits per heavy atom. The van der Waals surface area contributed by atoms with Crippen LogP contribution in [-0.2, 0) is 10.5 Å². The van der Waals surface area contributed by atoms with Gasteiger partial charge in [-0.2, -0.15) is 5.26 Å². The van der Waals surface area contributed by atoms with E-state index in [9.17, 15) is 9.59 Å². The van der Waals surface area contributed by atoms with Gasteiger partial charge in [0.15, 0.2) is 16.7 Å². The number of rotatable bonds is 8. The summed E-state index contributed by atoms with van der Waals surface area (Å²) in [6.07, 6.45) is 0. The highest BCUT2D eigenvalue weighted by Crippen LogP contribution is 2.28. The fourth-order valence-corrected chi connectivity index (χ4v) is 3.95. The van der Waals surface area contributed by atoms with Gasteiger partial charge in [0.1, 0.15) is 5.75 Å². The molecule has 1 N–H and O–H groups in total. The Labute approximate surface area is 175 Å². The molecule has 1 heterocycles. The predicted octanol–water partition coefficient (Wildman–Crippen LogP) is 3.92. The summed E-state index contributed by atoms with van der Waals surface area (Å²) in [6.45, 7) is 1.31. The Morgan fingerprint density at radius 1 is 1.14 bits per heavy atom. The van der Waals surface area contributed by atoms with Crippen LogP contribution >= 0.6 is 23.1 Å². The number of carbonyl (C=O) groups is 2. The van der Waals surface area contributed by atoms with Gasteiger partial charge in [-0.1, -0.05) is 35.2 Å². The number of ketones is 1. The van der Waals surface area contributed by atoms with Crippen molar-refractivity contribution >= 4 is 39.9 Å². The maximum Gasteiger partial charge on any atom is 0.264 e. The van der Waals surface area contributed by atoms with Crippen LogP contribution in [0.25, 0.3) is 0 Å². The molecule has 3 aromatic rings. The SMILES string of the molecule is CC(=O)c1ccc(OCC(=O)Nc2nnc(SCc3ccc(C#N)cc3)s2)cc1. The van der Waals surface area contributed by atoms with Gasteiger partial charge in [-0.25, -0.2) is 0 Å². The van der Waals surface area contributed by atoms with Crippen LogP contribution < -0.4 is 10.1 Å². The highest BCUT2D eigenvalue weighted by atomic mass is 32.2. The maximum atomic E-state index is 12.0. The minimum absolute atomic E-state index is 0.0292. The van der Waals surface area contributed by atoms with Crippen molar-refractivity contribution in [1.29, 1.82) is 5.26 Å². The molecule has 0 fully saturated rings. The smallest absolute Gasteiger partial charge is 0.264 e. The number of carbonyl (C=O) groups excluding carboxylic acids is 2. The number of nitriles is 1. The molecule has 0 aliphatic rings. The average molecular weight is 425 g/mol. The molecule has 1 aromatic heterocycles. The fourth-order valence-electron chi connectivity index (χ4n) is 2.23. The largest absolute Gasteiger partial charge is 0.484 e.